The smallest absolute Gasteiger partial charge is 0.165 e. The summed E-state index contributed by atoms with van der Waals surface area (Å²) in [4.78, 5) is 0. The van der Waals surface area contributed by atoms with Gasteiger partial charge in [-0.2, -0.15) is 0 Å². The summed E-state index contributed by atoms with van der Waals surface area (Å²) in [6.07, 6.45) is 0. The van der Waals surface area contributed by atoms with Crippen LogP contribution in [0.1, 0.15) is 17.0 Å². The summed E-state index contributed by atoms with van der Waals surface area (Å²) in [5.41, 5.74) is 1.77. The van der Waals surface area contributed by atoms with E-state index in [4.69, 9.17) is 21.1 Å². The molecule has 0 bridgehead atoms. The number of hydrogen-bond acceptors (Lipinski definition) is 2. The van der Waals surface area contributed by atoms with E-state index in [0.29, 0.717) is 18.8 Å². The van der Waals surface area contributed by atoms with Gasteiger partial charge in [0.15, 0.2) is 11.6 Å². The van der Waals surface area contributed by atoms with Gasteiger partial charge in [-0.3, -0.25) is 0 Å². The molecule has 20 heavy (non-hydrogen) atoms. The van der Waals surface area contributed by atoms with E-state index in [2.05, 4.69) is 0 Å². The van der Waals surface area contributed by atoms with Crippen molar-refractivity contribution < 1.29 is 13.9 Å². The first-order valence-corrected chi connectivity index (χ1v) is 7.01. The molecule has 0 saturated carbocycles. The van der Waals surface area contributed by atoms with Crippen molar-refractivity contribution in [2.45, 2.75) is 11.8 Å². The lowest BCUT2D eigenvalue weighted by Gasteiger charge is -2.14. The summed E-state index contributed by atoms with van der Waals surface area (Å²) in [6, 6.07) is 12.6. The lowest BCUT2D eigenvalue weighted by molar-refractivity contribution is 0.240. The average molecular weight is 293 g/mol. The van der Waals surface area contributed by atoms with E-state index >= 15 is 0 Å². The van der Waals surface area contributed by atoms with Gasteiger partial charge in [0.25, 0.3) is 0 Å². The first-order valence-electron chi connectivity index (χ1n) is 6.47. The maximum atomic E-state index is 13.8. The van der Waals surface area contributed by atoms with Crippen LogP contribution in [0, 0.1) is 5.82 Å². The van der Waals surface area contributed by atoms with E-state index in [1.54, 1.807) is 12.1 Å². The number of benzene rings is 2. The minimum atomic E-state index is -0.379. The standard InChI is InChI=1S/C16H14ClFO2/c17-8-11-4-3-6-14(18)16(11)20-10-12-9-19-15-7-2-1-5-13(12)15/h1-7,12H,8-10H2. The summed E-state index contributed by atoms with van der Waals surface area (Å²) >= 11 is 5.81. The van der Waals surface area contributed by atoms with E-state index in [1.807, 2.05) is 24.3 Å². The van der Waals surface area contributed by atoms with E-state index in [9.17, 15) is 4.39 Å². The number of alkyl halides is 1. The molecule has 0 saturated heterocycles. The number of halogens is 2. The topological polar surface area (TPSA) is 18.5 Å². The molecule has 4 heteroatoms. The zero-order valence-corrected chi connectivity index (χ0v) is 11.6. The first-order chi connectivity index (χ1) is 9.79. The minimum Gasteiger partial charge on any atom is -0.493 e. The molecule has 0 aliphatic carbocycles. The summed E-state index contributed by atoms with van der Waals surface area (Å²) in [7, 11) is 0. The van der Waals surface area contributed by atoms with Crippen molar-refractivity contribution in [3.63, 3.8) is 0 Å². The fourth-order valence-electron chi connectivity index (χ4n) is 2.37. The van der Waals surface area contributed by atoms with Crippen molar-refractivity contribution in [1.29, 1.82) is 0 Å². The molecule has 1 unspecified atom stereocenters. The Balaban J connectivity index is 1.75. The Morgan fingerprint density at radius 3 is 2.90 bits per heavy atom. The molecule has 1 aliphatic rings. The van der Waals surface area contributed by atoms with Gasteiger partial charge in [0.1, 0.15) is 5.75 Å². The van der Waals surface area contributed by atoms with Gasteiger partial charge in [-0.1, -0.05) is 30.3 Å². The number of para-hydroxylation sites is 2. The molecule has 0 N–H and O–H groups in total. The molecule has 1 atom stereocenters. The number of ether oxygens (including phenoxy) is 2. The third-order valence-corrected chi connectivity index (χ3v) is 3.71. The zero-order chi connectivity index (χ0) is 13.9. The molecule has 2 nitrogen and oxygen atoms in total. The van der Waals surface area contributed by atoms with Gasteiger partial charge in [0.2, 0.25) is 0 Å². The minimum absolute atomic E-state index is 0.119. The van der Waals surface area contributed by atoms with Crippen LogP contribution in [0.4, 0.5) is 4.39 Å². The van der Waals surface area contributed by atoms with Crippen LogP contribution in [-0.2, 0) is 5.88 Å². The van der Waals surface area contributed by atoms with Gasteiger partial charge >= 0.3 is 0 Å². The van der Waals surface area contributed by atoms with Crippen LogP contribution < -0.4 is 9.47 Å². The summed E-state index contributed by atoms with van der Waals surface area (Å²) in [5.74, 6) is 1.09. The lowest BCUT2D eigenvalue weighted by atomic mass is 10.0. The predicted octanol–water partition coefficient (Wildman–Crippen LogP) is 4.12. The highest BCUT2D eigenvalue weighted by Crippen LogP contribution is 2.34. The zero-order valence-electron chi connectivity index (χ0n) is 10.8. The van der Waals surface area contributed by atoms with Gasteiger partial charge in [-0.25, -0.2) is 4.39 Å². The first kappa shape index (κ1) is 13.3. The second kappa shape index (κ2) is 5.71. The second-order valence-corrected chi connectivity index (χ2v) is 4.99. The van der Waals surface area contributed by atoms with Crippen molar-refractivity contribution in [2.24, 2.45) is 0 Å². The van der Waals surface area contributed by atoms with Gasteiger partial charge in [0, 0.05) is 11.1 Å². The van der Waals surface area contributed by atoms with Crippen molar-refractivity contribution >= 4 is 11.6 Å². The largest absolute Gasteiger partial charge is 0.493 e. The molecule has 2 aromatic carbocycles. The highest BCUT2D eigenvalue weighted by atomic mass is 35.5. The van der Waals surface area contributed by atoms with Crippen LogP contribution in [-0.4, -0.2) is 13.2 Å². The van der Waals surface area contributed by atoms with Crippen LogP contribution in [0.15, 0.2) is 42.5 Å². The van der Waals surface area contributed by atoms with Gasteiger partial charge in [-0.15, -0.1) is 11.6 Å². The molecule has 0 amide bonds. The van der Waals surface area contributed by atoms with Crippen LogP contribution in [0.3, 0.4) is 0 Å². The maximum absolute atomic E-state index is 13.8. The fourth-order valence-corrected chi connectivity index (χ4v) is 2.58. The maximum Gasteiger partial charge on any atom is 0.165 e. The quantitative estimate of drug-likeness (QED) is 0.789. The van der Waals surface area contributed by atoms with Crippen LogP contribution >= 0.6 is 11.6 Å². The fraction of sp³-hybridized carbons (Fsp3) is 0.250. The van der Waals surface area contributed by atoms with Crippen molar-refractivity contribution in [1.82, 2.24) is 0 Å². The molecular weight excluding hydrogens is 279 g/mol. The Morgan fingerprint density at radius 2 is 2.05 bits per heavy atom. The highest BCUT2D eigenvalue weighted by molar-refractivity contribution is 6.17. The SMILES string of the molecule is Fc1cccc(CCl)c1OCC1COc2ccccc21. The third-order valence-electron chi connectivity index (χ3n) is 3.42. The Bertz CT molecular complexity index is 615. The van der Waals surface area contributed by atoms with Crippen molar-refractivity contribution in [3.8, 4) is 11.5 Å². The Hall–Kier alpha value is -1.74. The van der Waals surface area contributed by atoms with E-state index in [0.717, 1.165) is 11.3 Å². The van der Waals surface area contributed by atoms with Crippen molar-refractivity contribution in [3.05, 3.63) is 59.4 Å². The Labute approximate surface area is 122 Å². The molecule has 0 radical (unpaired) electrons. The van der Waals surface area contributed by atoms with E-state index in [1.165, 1.54) is 6.07 Å². The van der Waals surface area contributed by atoms with Gasteiger partial charge in [-0.05, 0) is 12.1 Å². The van der Waals surface area contributed by atoms with Crippen LogP contribution in [0.25, 0.3) is 0 Å². The van der Waals surface area contributed by atoms with Crippen LogP contribution in [0.5, 0.6) is 11.5 Å². The monoisotopic (exact) mass is 292 g/mol. The second-order valence-electron chi connectivity index (χ2n) is 4.72. The molecular formula is C16H14ClFO2. The summed E-state index contributed by atoms with van der Waals surface area (Å²) in [6.45, 7) is 0.936. The average Bonchev–Trinajstić information content (AvgIpc) is 2.89. The van der Waals surface area contributed by atoms with Crippen LogP contribution in [0.2, 0.25) is 0 Å². The number of hydrogen-bond donors (Lipinski definition) is 0. The van der Waals surface area contributed by atoms with E-state index in [-0.39, 0.29) is 23.4 Å². The van der Waals surface area contributed by atoms with Gasteiger partial charge < -0.3 is 9.47 Å². The molecule has 1 heterocycles. The summed E-state index contributed by atoms with van der Waals surface area (Å²) < 4.78 is 25.0. The molecule has 1 aliphatic heterocycles. The normalized spacial score (nSPS) is 16.6. The predicted molar refractivity (Wildman–Crippen MR) is 76.1 cm³/mol. The highest BCUT2D eigenvalue weighted by Gasteiger charge is 2.24. The van der Waals surface area contributed by atoms with E-state index < -0.39 is 0 Å². The van der Waals surface area contributed by atoms with Crippen molar-refractivity contribution in [2.75, 3.05) is 13.2 Å². The molecule has 2 aromatic rings. The molecule has 104 valence electrons. The molecule has 0 aromatic heterocycles. The number of fused-ring (bicyclic) bond motifs is 1. The molecule has 3 rings (SSSR count). The lowest BCUT2D eigenvalue weighted by Crippen LogP contribution is -2.13. The summed E-state index contributed by atoms with van der Waals surface area (Å²) in [5, 5.41) is 0. The molecule has 0 fully saturated rings. The number of rotatable bonds is 4. The Kier molecular flexibility index (Phi) is 3.79. The Morgan fingerprint density at radius 1 is 1.20 bits per heavy atom. The van der Waals surface area contributed by atoms with Gasteiger partial charge in [0.05, 0.1) is 25.0 Å². The third kappa shape index (κ3) is 2.46. The molecule has 0 spiro atoms.